The Morgan fingerprint density at radius 2 is 1.92 bits per heavy atom. The first-order chi connectivity index (χ1) is 5.91. The maximum atomic E-state index is 9.74. The van der Waals surface area contributed by atoms with Crippen LogP contribution in [0.5, 0.6) is 0 Å². The Bertz CT molecular complexity index is 119. The van der Waals surface area contributed by atoms with Crippen LogP contribution in [0.15, 0.2) is 12.2 Å². The zero-order valence-electron chi connectivity index (χ0n) is 7.79. The molecule has 0 fully saturated rings. The third kappa shape index (κ3) is 9.21. The molecule has 0 spiro atoms. The molecular formula is C10H18O2. The van der Waals surface area contributed by atoms with Crippen LogP contribution < -0.4 is 0 Å². The van der Waals surface area contributed by atoms with Crippen molar-refractivity contribution in [1.29, 1.82) is 0 Å². The van der Waals surface area contributed by atoms with Crippen molar-refractivity contribution in [2.75, 3.05) is 6.61 Å². The third-order valence-electron chi connectivity index (χ3n) is 1.57. The van der Waals surface area contributed by atoms with Crippen molar-refractivity contribution in [1.82, 2.24) is 0 Å². The highest BCUT2D eigenvalue weighted by Crippen LogP contribution is 1.98. The molecule has 0 atom stereocenters. The van der Waals surface area contributed by atoms with Crippen molar-refractivity contribution < 1.29 is 9.53 Å². The minimum absolute atomic E-state index is 0.507. The third-order valence-corrected chi connectivity index (χ3v) is 1.57. The molecule has 12 heavy (non-hydrogen) atoms. The molecule has 0 aromatic carbocycles. The summed E-state index contributed by atoms with van der Waals surface area (Å²) >= 11 is 0. The lowest BCUT2D eigenvalue weighted by molar-refractivity contribution is -0.128. The highest BCUT2D eigenvalue weighted by molar-refractivity contribution is 5.36. The van der Waals surface area contributed by atoms with Crippen LogP contribution in [0.3, 0.4) is 0 Å². The molecule has 0 N–H and O–H groups in total. The van der Waals surface area contributed by atoms with Crippen LogP contribution in [0, 0.1) is 0 Å². The van der Waals surface area contributed by atoms with E-state index in [1.807, 2.05) is 0 Å². The van der Waals surface area contributed by atoms with E-state index in [-0.39, 0.29) is 0 Å². The van der Waals surface area contributed by atoms with Gasteiger partial charge < -0.3 is 4.74 Å². The molecule has 0 saturated carbocycles. The van der Waals surface area contributed by atoms with E-state index in [1.54, 1.807) is 0 Å². The van der Waals surface area contributed by atoms with Crippen LogP contribution >= 0.6 is 0 Å². The van der Waals surface area contributed by atoms with E-state index in [4.69, 9.17) is 0 Å². The molecule has 0 bridgehead atoms. The standard InChI is InChI=1S/C10H18O2/c1-2-3-4-5-6-7-8-9-12-10-11/h4-5,10H,2-3,6-9H2,1H3. The van der Waals surface area contributed by atoms with Gasteiger partial charge in [0.25, 0.3) is 6.47 Å². The van der Waals surface area contributed by atoms with Crippen LogP contribution in [0.25, 0.3) is 0 Å². The van der Waals surface area contributed by atoms with E-state index in [1.165, 1.54) is 12.8 Å². The lowest BCUT2D eigenvalue weighted by atomic mass is 10.2. The summed E-state index contributed by atoms with van der Waals surface area (Å²) in [5.41, 5.74) is 0. The smallest absolute Gasteiger partial charge is 0.293 e. The number of hydrogen-bond acceptors (Lipinski definition) is 2. The summed E-state index contributed by atoms with van der Waals surface area (Å²) in [6.07, 6.45) is 9.96. The highest BCUT2D eigenvalue weighted by atomic mass is 16.5. The van der Waals surface area contributed by atoms with Gasteiger partial charge in [-0.05, 0) is 25.7 Å². The molecule has 0 rings (SSSR count). The Morgan fingerprint density at radius 3 is 2.58 bits per heavy atom. The predicted molar refractivity (Wildman–Crippen MR) is 49.9 cm³/mol. The van der Waals surface area contributed by atoms with Gasteiger partial charge in [0.05, 0.1) is 6.61 Å². The summed E-state index contributed by atoms with van der Waals surface area (Å²) in [6.45, 7) is 3.24. The monoisotopic (exact) mass is 170 g/mol. The SMILES string of the molecule is CCCC=CCCCCOC=O. The Kier molecular flexibility index (Phi) is 9.54. The second-order valence-corrected chi connectivity index (χ2v) is 2.72. The topological polar surface area (TPSA) is 26.3 Å². The minimum Gasteiger partial charge on any atom is -0.468 e. The van der Waals surface area contributed by atoms with E-state index < -0.39 is 0 Å². The lowest BCUT2D eigenvalue weighted by Gasteiger charge is -1.95. The van der Waals surface area contributed by atoms with Gasteiger partial charge in [-0.3, -0.25) is 4.79 Å². The summed E-state index contributed by atoms with van der Waals surface area (Å²) in [5, 5.41) is 0. The van der Waals surface area contributed by atoms with Gasteiger partial charge in [-0.15, -0.1) is 0 Å². The summed E-state index contributed by atoms with van der Waals surface area (Å²) in [7, 11) is 0. The number of allylic oxidation sites excluding steroid dienone is 2. The molecule has 2 nitrogen and oxygen atoms in total. The van der Waals surface area contributed by atoms with Gasteiger partial charge in [-0.1, -0.05) is 25.5 Å². The Morgan fingerprint density at radius 1 is 1.17 bits per heavy atom. The van der Waals surface area contributed by atoms with Crippen LogP contribution in [-0.2, 0) is 9.53 Å². The van der Waals surface area contributed by atoms with E-state index in [9.17, 15) is 4.79 Å². The Balaban J connectivity index is 2.94. The molecule has 0 unspecified atom stereocenters. The van der Waals surface area contributed by atoms with Gasteiger partial charge in [0.1, 0.15) is 0 Å². The van der Waals surface area contributed by atoms with Gasteiger partial charge in [-0.25, -0.2) is 0 Å². The number of ether oxygens (including phenoxy) is 1. The van der Waals surface area contributed by atoms with Crippen molar-refractivity contribution in [3.63, 3.8) is 0 Å². The molecule has 0 saturated heterocycles. The van der Waals surface area contributed by atoms with Crippen molar-refractivity contribution in [2.24, 2.45) is 0 Å². The fourth-order valence-electron chi connectivity index (χ4n) is 0.898. The van der Waals surface area contributed by atoms with Crippen LogP contribution in [-0.4, -0.2) is 13.1 Å². The van der Waals surface area contributed by atoms with Crippen molar-refractivity contribution in [2.45, 2.75) is 39.0 Å². The van der Waals surface area contributed by atoms with Crippen LogP contribution in [0.1, 0.15) is 39.0 Å². The normalized spacial score (nSPS) is 10.4. The maximum Gasteiger partial charge on any atom is 0.293 e. The predicted octanol–water partition coefficient (Wildman–Crippen LogP) is 2.69. The quantitative estimate of drug-likeness (QED) is 0.318. The lowest BCUT2D eigenvalue weighted by Crippen LogP contribution is -1.90. The van der Waals surface area contributed by atoms with Crippen LogP contribution in [0.4, 0.5) is 0 Å². The number of carbonyl (C=O) groups excluding carboxylic acids is 1. The number of hydrogen-bond donors (Lipinski definition) is 0. The van der Waals surface area contributed by atoms with E-state index in [0.717, 1.165) is 19.3 Å². The molecule has 0 aromatic rings. The second-order valence-electron chi connectivity index (χ2n) is 2.72. The van der Waals surface area contributed by atoms with Crippen molar-refractivity contribution in [3.05, 3.63) is 12.2 Å². The average Bonchev–Trinajstić information content (AvgIpc) is 2.10. The number of rotatable bonds is 8. The van der Waals surface area contributed by atoms with Crippen LogP contribution in [0.2, 0.25) is 0 Å². The van der Waals surface area contributed by atoms with E-state index in [2.05, 4.69) is 23.8 Å². The Labute approximate surface area is 74.6 Å². The van der Waals surface area contributed by atoms with Gasteiger partial charge in [0.2, 0.25) is 0 Å². The molecule has 0 heterocycles. The molecule has 70 valence electrons. The fourth-order valence-corrected chi connectivity index (χ4v) is 0.898. The van der Waals surface area contributed by atoms with Gasteiger partial charge in [0, 0.05) is 0 Å². The molecule has 0 aliphatic heterocycles. The molecule has 0 aliphatic rings. The summed E-state index contributed by atoms with van der Waals surface area (Å²) in [6, 6.07) is 0. The number of carbonyl (C=O) groups is 1. The first kappa shape index (κ1) is 11.2. The first-order valence-electron chi connectivity index (χ1n) is 4.62. The molecule has 0 radical (unpaired) electrons. The Hall–Kier alpha value is -0.790. The van der Waals surface area contributed by atoms with Gasteiger partial charge in [-0.2, -0.15) is 0 Å². The van der Waals surface area contributed by atoms with Crippen molar-refractivity contribution in [3.8, 4) is 0 Å². The molecule has 0 aliphatic carbocycles. The average molecular weight is 170 g/mol. The zero-order valence-corrected chi connectivity index (χ0v) is 7.79. The molecule has 0 amide bonds. The maximum absolute atomic E-state index is 9.74. The highest BCUT2D eigenvalue weighted by Gasteiger charge is 1.85. The molecular weight excluding hydrogens is 152 g/mol. The summed E-state index contributed by atoms with van der Waals surface area (Å²) in [4.78, 5) is 9.74. The summed E-state index contributed by atoms with van der Waals surface area (Å²) in [5.74, 6) is 0. The first-order valence-corrected chi connectivity index (χ1v) is 4.62. The van der Waals surface area contributed by atoms with Gasteiger partial charge in [0.15, 0.2) is 0 Å². The largest absolute Gasteiger partial charge is 0.468 e. The molecule has 2 heteroatoms. The fraction of sp³-hybridized carbons (Fsp3) is 0.700. The minimum atomic E-state index is 0.507. The second kappa shape index (κ2) is 10.2. The summed E-state index contributed by atoms with van der Waals surface area (Å²) < 4.78 is 4.56. The molecule has 0 aromatic heterocycles. The zero-order chi connectivity index (χ0) is 9.07. The number of unbranched alkanes of at least 4 members (excludes halogenated alkanes) is 3. The van der Waals surface area contributed by atoms with Crippen molar-refractivity contribution >= 4 is 6.47 Å². The van der Waals surface area contributed by atoms with Gasteiger partial charge >= 0.3 is 0 Å². The van der Waals surface area contributed by atoms with E-state index in [0.29, 0.717) is 13.1 Å². The van der Waals surface area contributed by atoms with E-state index >= 15 is 0 Å².